The molecule has 0 aliphatic heterocycles. The lowest BCUT2D eigenvalue weighted by atomic mass is 9.75. The summed E-state index contributed by atoms with van der Waals surface area (Å²) in [7, 11) is 0. The smallest absolute Gasteiger partial charge is 0.325 e. The highest BCUT2D eigenvalue weighted by molar-refractivity contribution is 6.05. The van der Waals surface area contributed by atoms with Gasteiger partial charge in [-0.3, -0.25) is 14.6 Å². The number of benzene rings is 1. The van der Waals surface area contributed by atoms with Gasteiger partial charge in [0.2, 0.25) is 0 Å². The zero-order valence-corrected chi connectivity index (χ0v) is 13.1. The first kappa shape index (κ1) is 16.7. The Morgan fingerprint density at radius 1 is 1.09 bits per heavy atom. The van der Waals surface area contributed by atoms with Crippen LogP contribution in [0.1, 0.15) is 31.4 Å². The Hall–Kier alpha value is -2.69. The first-order valence-electron chi connectivity index (χ1n) is 7.49. The van der Waals surface area contributed by atoms with Gasteiger partial charge in [0.15, 0.2) is 5.41 Å². The molecular weight excluding hydrogens is 294 g/mol. The lowest BCUT2D eigenvalue weighted by molar-refractivity contribution is -0.157. The van der Waals surface area contributed by atoms with E-state index in [1.54, 1.807) is 25.3 Å². The molecule has 0 unspecified atom stereocenters. The number of carboxylic acids is 2. The molecule has 0 saturated heterocycles. The number of hydrogen-bond acceptors (Lipinski definition) is 3. The third-order valence-corrected chi connectivity index (χ3v) is 4.17. The summed E-state index contributed by atoms with van der Waals surface area (Å²) in [6, 6.07) is 10.7. The molecule has 0 saturated carbocycles. The van der Waals surface area contributed by atoms with Crippen molar-refractivity contribution in [3.05, 3.63) is 53.7 Å². The van der Waals surface area contributed by atoms with Crippen LogP contribution < -0.4 is 0 Å². The normalized spacial score (nSPS) is 11.2. The maximum atomic E-state index is 11.7. The highest BCUT2D eigenvalue weighted by Crippen LogP contribution is 2.34. The van der Waals surface area contributed by atoms with Crippen LogP contribution in [0.5, 0.6) is 0 Å². The minimum absolute atomic E-state index is 0.0202. The zero-order valence-electron chi connectivity index (χ0n) is 13.1. The van der Waals surface area contributed by atoms with E-state index in [2.05, 4.69) is 4.98 Å². The van der Waals surface area contributed by atoms with E-state index in [0.717, 1.165) is 11.3 Å². The van der Waals surface area contributed by atoms with Gasteiger partial charge in [-0.1, -0.05) is 32.0 Å². The van der Waals surface area contributed by atoms with Gasteiger partial charge >= 0.3 is 11.9 Å². The summed E-state index contributed by atoms with van der Waals surface area (Å²) in [6.07, 6.45) is 2.20. The topological polar surface area (TPSA) is 87.5 Å². The van der Waals surface area contributed by atoms with E-state index in [4.69, 9.17) is 0 Å². The lowest BCUT2D eigenvalue weighted by Gasteiger charge is -2.26. The first-order chi connectivity index (χ1) is 11.0. The van der Waals surface area contributed by atoms with Crippen molar-refractivity contribution in [1.29, 1.82) is 0 Å². The van der Waals surface area contributed by atoms with Crippen LogP contribution >= 0.6 is 0 Å². The van der Waals surface area contributed by atoms with Crippen LogP contribution in [0.3, 0.4) is 0 Å². The monoisotopic (exact) mass is 313 g/mol. The minimum atomic E-state index is -1.92. The summed E-state index contributed by atoms with van der Waals surface area (Å²) < 4.78 is 0. The van der Waals surface area contributed by atoms with Gasteiger partial charge in [0.1, 0.15) is 0 Å². The Balaban J connectivity index is 2.64. The van der Waals surface area contributed by atoms with Crippen molar-refractivity contribution in [1.82, 2.24) is 4.98 Å². The highest BCUT2D eigenvalue weighted by atomic mass is 16.4. The number of hydrogen-bond donors (Lipinski definition) is 2. The molecule has 1 aromatic heterocycles. The molecule has 2 aromatic rings. The van der Waals surface area contributed by atoms with Crippen molar-refractivity contribution in [3.63, 3.8) is 0 Å². The molecule has 1 heterocycles. The van der Waals surface area contributed by atoms with E-state index in [1.807, 2.05) is 31.2 Å². The van der Waals surface area contributed by atoms with Gasteiger partial charge in [-0.15, -0.1) is 0 Å². The highest BCUT2D eigenvalue weighted by Gasteiger charge is 2.47. The molecule has 0 amide bonds. The predicted molar refractivity (Wildman–Crippen MR) is 86.3 cm³/mol. The van der Waals surface area contributed by atoms with Gasteiger partial charge in [-0.25, -0.2) is 0 Å². The average molecular weight is 313 g/mol. The molecule has 1 aromatic carbocycles. The van der Waals surface area contributed by atoms with Gasteiger partial charge in [0.05, 0.1) is 5.69 Å². The third-order valence-electron chi connectivity index (χ3n) is 4.17. The van der Waals surface area contributed by atoms with Gasteiger partial charge in [0, 0.05) is 11.8 Å². The summed E-state index contributed by atoms with van der Waals surface area (Å²) in [5.74, 6) is -2.68. The van der Waals surface area contributed by atoms with Crippen molar-refractivity contribution in [2.24, 2.45) is 0 Å². The van der Waals surface area contributed by atoms with Crippen molar-refractivity contribution < 1.29 is 19.8 Å². The van der Waals surface area contributed by atoms with Gasteiger partial charge in [-0.05, 0) is 42.2 Å². The number of pyridine rings is 1. The van der Waals surface area contributed by atoms with Crippen LogP contribution in [0.2, 0.25) is 0 Å². The minimum Gasteiger partial charge on any atom is -0.480 e. The van der Waals surface area contributed by atoms with E-state index in [0.29, 0.717) is 17.5 Å². The van der Waals surface area contributed by atoms with Crippen LogP contribution in [-0.2, 0) is 21.4 Å². The van der Waals surface area contributed by atoms with Crippen molar-refractivity contribution in [3.8, 4) is 11.3 Å². The molecule has 120 valence electrons. The molecule has 0 aliphatic carbocycles. The second kappa shape index (κ2) is 6.60. The average Bonchev–Trinajstić information content (AvgIpc) is 2.56. The van der Waals surface area contributed by atoms with E-state index in [9.17, 15) is 19.8 Å². The molecule has 5 nitrogen and oxygen atoms in total. The van der Waals surface area contributed by atoms with Crippen LogP contribution in [0.15, 0.2) is 42.6 Å². The summed E-state index contributed by atoms with van der Waals surface area (Å²) >= 11 is 0. The lowest BCUT2D eigenvalue weighted by Crippen LogP contribution is -2.44. The summed E-state index contributed by atoms with van der Waals surface area (Å²) in [4.78, 5) is 27.7. The molecule has 0 radical (unpaired) electrons. The number of nitrogens with zero attached hydrogens (tertiary/aromatic N) is 1. The Labute approximate surface area is 134 Å². The molecular formula is C18H19NO4. The molecule has 0 atom stereocenters. The van der Waals surface area contributed by atoms with Gasteiger partial charge in [0.25, 0.3) is 0 Å². The van der Waals surface area contributed by atoms with Crippen LogP contribution in [0.25, 0.3) is 11.3 Å². The maximum Gasteiger partial charge on any atom is 0.325 e. The van der Waals surface area contributed by atoms with Crippen LogP contribution in [-0.4, -0.2) is 27.1 Å². The molecule has 0 fully saturated rings. The number of carbonyl (C=O) groups is 2. The molecule has 0 aliphatic rings. The van der Waals surface area contributed by atoms with E-state index >= 15 is 0 Å². The fourth-order valence-corrected chi connectivity index (χ4v) is 2.81. The molecule has 0 bridgehead atoms. The van der Waals surface area contributed by atoms with Gasteiger partial charge < -0.3 is 10.2 Å². The van der Waals surface area contributed by atoms with Crippen molar-refractivity contribution >= 4 is 11.9 Å². The van der Waals surface area contributed by atoms with E-state index in [-0.39, 0.29) is 6.42 Å². The number of aliphatic carboxylic acids is 2. The number of rotatable bonds is 6. The van der Waals surface area contributed by atoms with Crippen molar-refractivity contribution in [2.45, 2.75) is 32.1 Å². The number of carboxylic acid groups (broad SMARTS) is 2. The molecule has 23 heavy (non-hydrogen) atoms. The summed E-state index contributed by atoms with van der Waals surface area (Å²) in [6.45, 7) is 3.46. The zero-order chi connectivity index (χ0) is 17.0. The second-order valence-electron chi connectivity index (χ2n) is 5.31. The standard InChI is InChI=1S/C18H19NO4/c1-3-12-11-13(15-7-5-6-10-19-15)8-9-14(12)18(4-2,16(20)21)17(22)23/h5-11H,3-4H2,1-2H3,(H,20,21)(H,22,23). The summed E-state index contributed by atoms with van der Waals surface area (Å²) in [5.41, 5.74) is 0.726. The maximum absolute atomic E-state index is 11.7. The largest absolute Gasteiger partial charge is 0.480 e. The predicted octanol–water partition coefficient (Wildman–Crippen LogP) is 3.13. The SMILES string of the molecule is CCc1cc(-c2ccccn2)ccc1C(CC)(C(=O)O)C(=O)O. The first-order valence-corrected chi connectivity index (χ1v) is 7.49. The quantitative estimate of drug-likeness (QED) is 0.800. The van der Waals surface area contributed by atoms with E-state index in [1.165, 1.54) is 0 Å². The third kappa shape index (κ3) is 2.82. The molecule has 5 heteroatoms. The van der Waals surface area contributed by atoms with Gasteiger partial charge in [-0.2, -0.15) is 0 Å². The Kier molecular flexibility index (Phi) is 4.79. The fourth-order valence-electron chi connectivity index (χ4n) is 2.81. The summed E-state index contributed by atoms with van der Waals surface area (Å²) in [5, 5.41) is 19.1. The molecule has 2 rings (SSSR count). The second-order valence-corrected chi connectivity index (χ2v) is 5.31. The Morgan fingerprint density at radius 3 is 2.26 bits per heavy atom. The van der Waals surface area contributed by atoms with Crippen LogP contribution in [0, 0.1) is 0 Å². The van der Waals surface area contributed by atoms with E-state index < -0.39 is 17.4 Å². The molecule has 0 spiro atoms. The fraction of sp³-hybridized carbons (Fsp3) is 0.278. The molecule has 2 N–H and O–H groups in total. The number of aryl methyl sites for hydroxylation is 1. The number of aromatic nitrogens is 1. The Bertz CT molecular complexity index is 711. The van der Waals surface area contributed by atoms with Crippen molar-refractivity contribution in [2.75, 3.05) is 0 Å². The van der Waals surface area contributed by atoms with Crippen LogP contribution in [0.4, 0.5) is 0 Å². The Morgan fingerprint density at radius 2 is 1.78 bits per heavy atom.